The molecule has 0 aliphatic heterocycles. The normalized spacial score (nSPS) is 10.9. The van der Waals surface area contributed by atoms with Crippen LogP contribution in [0.5, 0.6) is 0 Å². The number of carbonyl (C=O) groups is 1. The molecule has 6 heteroatoms. The number of aromatic nitrogens is 2. The number of rotatable bonds is 5. The molecule has 24 heavy (non-hydrogen) atoms. The minimum atomic E-state index is -0.245. The smallest absolute Gasteiger partial charge is 0.239 e. The monoisotopic (exact) mass is 336 g/mol. The van der Waals surface area contributed by atoms with Gasteiger partial charge >= 0.3 is 0 Å². The van der Waals surface area contributed by atoms with E-state index >= 15 is 0 Å². The zero-order valence-electron chi connectivity index (χ0n) is 12.8. The second-order valence-electron chi connectivity index (χ2n) is 5.03. The van der Waals surface area contributed by atoms with Gasteiger partial charge in [0.25, 0.3) is 0 Å². The molecule has 120 valence electrons. The molecule has 1 amide bonds. The fraction of sp³-hybridized carbons (Fsp3) is 0.0556. The van der Waals surface area contributed by atoms with Gasteiger partial charge in [0.15, 0.2) is 5.13 Å². The highest BCUT2D eigenvalue weighted by molar-refractivity contribution is 7.14. The van der Waals surface area contributed by atoms with Gasteiger partial charge in [-0.15, -0.1) is 11.3 Å². The summed E-state index contributed by atoms with van der Waals surface area (Å²) < 4.78 is 0. The van der Waals surface area contributed by atoms with Gasteiger partial charge in [-0.3, -0.25) is 9.78 Å². The number of anilines is 1. The lowest BCUT2D eigenvalue weighted by atomic mass is 10.1. The van der Waals surface area contributed by atoms with Gasteiger partial charge in [-0.1, -0.05) is 30.4 Å². The largest absolute Gasteiger partial charge is 0.322 e. The molecule has 0 saturated heterocycles. The van der Waals surface area contributed by atoms with Crippen LogP contribution in [0.3, 0.4) is 0 Å². The Labute approximate surface area is 143 Å². The van der Waals surface area contributed by atoms with Crippen molar-refractivity contribution in [1.82, 2.24) is 9.97 Å². The average molecular weight is 336 g/mol. The van der Waals surface area contributed by atoms with E-state index in [4.69, 9.17) is 5.73 Å². The third-order valence-corrected chi connectivity index (χ3v) is 4.05. The summed E-state index contributed by atoms with van der Waals surface area (Å²) in [6.07, 6.45) is 7.61. The van der Waals surface area contributed by atoms with E-state index in [2.05, 4.69) is 21.4 Å². The van der Waals surface area contributed by atoms with Crippen molar-refractivity contribution in [3.05, 3.63) is 65.3 Å². The van der Waals surface area contributed by atoms with E-state index in [0.717, 1.165) is 22.4 Å². The van der Waals surface area contributed by atoms with E-state index in [9.17, 15) is 4.79 Å². The van der Waals surface area contributed by atoms with Gasteiger partial charge in [0, 0.05) is 23.3 Å². The third-order valence-electron chi connectivity index (χ3n) is 3.29. The van der Waals surface area contributed by atoms with E-state index in [1.807, 2.05) is 47.9 Å². The number of hydrogen-bond acceptors (Lipinski definition) is 5. The number of nitrogens with two attached hydrogens (primary N) is 1. The van der Waals surface area contributed by atoms with Crippen LogP contribution in [-0.2, 0) is 4.79 Å². The zero-order valence-corrected chi connectivity index (χ0v) is 13.7. The molecule has 3 aromatic rings. The van der Waals surface area contributed by atoms with Crippen LogP contribution in [0.1, 0.15) is 11.1 Å². The number of hydrogen-bond donors (Lipinski definition) is 2. The summed E-state index contributed by atoms with van der Waals surface area (Å²) in [7, 11) is 0. The highest BCUT2D eigenvalue weighted by atomic mass is 32.1. The molecule has 0 spiro atoms. The highest BCUT2D eigenvalue weighted by Crippen LogP contribution is 2.26. The fourth-order valence-electron chi connectivity index (χ4n) is 2.10. The summed E-state index contributed by atoms with van der Waals surface area (Å²) >= 11 is 1.38. The van der Waals surface area contributed by atoms with Gasteiger partial charge in [-0.25, -0.2) is 4.98 Å². The lowest BCUT2D eigenvalue weighted by molar-refractivity contribution is -0.114. The summed E-state index contributed by atoms with van der Waals surface area (Å²) in [6.45, 7) is -0.0514. The van der Waals surface area contributed by atoms with E-state index in [-0.39, 0.29) is 12.5 Å². The van der Waals surface area contributed by atoms with Crippen molar-refractivity contribution in [2.75, 3.05) is 11.9 Å². The number of amides is 1. The van der Waals surface area contributed by atoms with Crippen LogP contribution in [0.25, 0.3) is 23.4 Å². The number of pyridine rings is 1. The molecule has 2 aromatic heterocycles. The SMILES string of the molecule is NCC(=O)Nc1nc(-c2cccc(/C=C/c3ccncc3)c2)cs1. The number of nitrogens with one attached hydrogen (secondary N) is 1. The van der Waals surface area contributed by atoms with Crippen LogP contribution < -0.4 is 11.1 Å². The predicted octanol–water partition coefficient (Wildman–Crippen LogP) is 3.27. The van der Waals surface area contributed by atoms with Crippen LogP contribution in [-0.4, -0.2) is 22.4 Å². The molecule has 3 N–H and O–H groups in total. The molecule has 0 bridgehead atoms. The summed E-state index contributed by atoms with van der Waals surface area (Å²) in [4.78, 5) is 19.7. The van der Waals surface area contributed by atoms with Crippen molar-refractivity contribution in [1.29, 1.82) is 0 Å². The van der Waals surface area contributed by atoms with Crippen LogP contribution >= 0.6 is 11.3 Å². The Bertz CT molecular complexity index is 858. The van der Waals surface area contributed by atoms with E-state index in [1.54, 1.807) is 12.4 Å². The molecule has 0 aliphatic rings. The molecule has 0 atom stereocenters. The molecule has 0 fully saturated rings. The second-order valence-corrected chi connectivity index (χ2v) is 5.89. The zero-order chi connectivity index (χ0) is 16.8. The standard InChI is InChI=1S/C18H16N4OS/c19-11-17(23)22-18-21-16(12-24-18)15-3-1-2-14(10-15)5-4-13-6-8-20-9-7-13/h1-10,12H,11,19H2,(H,21,22,23)/b5-4+. The Morgan fingerprint density at radius 3 is 2.75 bits per heavy atom. The minimum Gasteiger partial charge on any atom is -0.322 e. The first-order valence-corrected chi connectivity index (χ1v) is 8.26. The number of nitrogens with zero attached hydrogens (tertiary/aromatic N) is 2. The molecular formula is C18H16N4OS. The Morgan fingerprint density at radius 1 is 1.17 bits per heavy atom. The van der Waals surface area contributed by atoms with Crippen molar-refractivity contribution in [3.63, 3.8) is 0 Å². The molecule has 5 nitrogen and oxygen atoms in total. The van der Waals surface area contributed by atoms with E-state index in [1.165, 1.54) is 11.3 Å². The molecule has 0 radical (unpaired) electrons. The van der Waals surface area contributed by atoms with Gasteiger partial charge in [0.2, 0.25) is 5.91 Å². The van der Waals surface area contributed by atoms with E-state index in [0.29, 0.717) is 5.13 Å². The second kappa shape index (κ2) is 7.63. The van der Waals surface area contributed by atoms with Crippen molar-refractivity contribution in [2.45, 2.75) is 0 Å². The molecule has 0 unspecified atom stereocenters. The quantitative estimate of drug-likeness (QED) is 0.749. The predicted molar refractivity (Wildman–Crippen MR) is 98.4 cm³/mol. The van der Waals surface area contributed by atoms with Crippen molar-refractivity contribution < 1.29 is 4.79 Å². The molecule has 2 heterocycles. The Hall–Kier alpha value is -2.83. The van der Waals surface area contributed by atoms with Crippen molar-refractivity contribution >= 4 is 34.5 Å². The topological polar surface area (TPSA) is 80.9 Å². The molecule has 0 saturated carbocycles. The minimum absolute atomic E-state index is 0.0514. The van der Waals surface area contributed by atoms with Gasteiger partial charge in [-0.2, -0.15) is 0 Å². The van der Waals surface area contributed by atoms with Crippen LogP contribution in [0.4, 0.5) is 5.13 Å². The third kappa shape index (κ3) is 4.13. The number of carbonyl (C=O) groups excluding carboxylic acids is 1. The lowest BCUT2D eigenvalue weighted by Crippen LogP contribution is -2.21. The number of thiazole rings is 1. The maximum Gasteiger partial charge on any atom is 0.239 e. The summed E-state index contributed by atoms with van der Waals surface area (Å²) in [6, 6.07) is 12.0. The molecule has 1 aromatic carbocycles. The summed E-state index contributed by atoms with van der Waals surface area (Å²) in [5, 5.41) is 5.13. The first kappa shape index (κ1) is 16.0. The molecular weight excluding hydrogens is 320 g/mol. The lowest BCUT2D eigenvalue weighted by Gasteiger charge is -2.00. The molecule has 0 aliphatic carbocycles. The maximum atomic E-state index is 11.3. The average Bonchev–Trinajstić information content (AvgIpc) is 3.09. The van der Waals surface area contributed by atoms with E-state index < -0.39 is 0 Å². The summed E-state index contributed by atoms with van der Waals surface area (Å²) in [5.41, 5.74) is 9.28. The van der Waals surface area contributed by atoms with Crippen LogP contribution in [0, 0.1) is 0 Å². The van der Waals surface area contributed by atoms with Crippen molar-refractivity contribution in [3.8, 4) is 11.3 Å². The van der Waals surface area contributed by atoms with Gasteiger partial charge in [0.1, 0.15) is 0 Å². The Balaban J connectivity index is 1.78. The van der Waals surface area contributed by atoms with Crippen LogP contribution in [0.2, 0.25) is 0 Å². The van der Waals surface area contributed by atoms with Crippen molar-refractivity contribution in [2.24, 2.45) is 5.73 Å². The fourth-order valence-corrected chi connectivity index (χ4v) is 2.84. The molecule has 3 rings (SSSR count). The number of benzene rings is 1. The Morgan fingerprint density at radius 2 is 1.96 bits per heavy atom. The first-order chi connectivity index (χ1) is 11.7. The first-order valence-electron chi connectivity index (χ1n) is 7.38. The van der Waals surface area contributed by atoms with Crippen LogP contribution in [0.15, 0.2) is 54.2 Å². The Kier molecular flexibility index (Phi) is 5.10. The highest BCUT2D eigenvalue weighted by Gasteiger charge is 2.07. The summed E-state index contributed by atoms with van der Waals surface area (Å²) in [5.74, 6) is -0.245. The maximum absolute atomic E-state index is 11.3. The van der Waals surface area contributed by atoms with Gasteiger partial charge in [0.05, 0.1) is 12.2 Å². The van der Waals surface area contributed by atoms with Gasteiger partial charge in [-0.05, 0) is 29.3 Å². The van der Waals surface area contributed by atoms with Gasteiger partial charge < -0.3 is 11.1 Å².